The summed E-state index contributed by atoms with van der Waals surface area (Å²) in [5.74, 6) is 0.550. The first-order valence-corrected chi connectivity index (χ1v) is 10.1. The van der Waals surface area contributed by atoms with E-state index in [4.69, 9.17) is 8.94 Å². The van der Waals surface area contributed by atoms with Crippen molar-refractivity contribution in [3.63, 3.8) is 0 Å². The summed E-state index contributed by atoms with van der Waals surface area (Å²) in [7, 11) is 0. The summed E-state index contributed by atoms with van der Waals surface area (Å²) in [6.45, 7) is 4.83. The van der Waals surface area contributed by atoms with Crippen molar-refractivity contribution in [3.8, 4) is 11.4 Å². The fraction of sp³-hybridized carbons (Fsp3) is 0.381. The van der Waals surface area contributed by atoms with Gasteiger partial charge < -0.3 is 14.3 Å². The number of amides is 1. The zero-order chi connectivity index (χ0) is 22.6. The van der Waals surface area contributed by atoms with Crippen LogP contribution in [0.15, 0.2) is 51.6 Å². The van der Waals surface area contributed by atoms with Gasteiger partial charge in [-0.1, -0.05) is 17.3 Å². The molecule has 32 heavy (non-hydrogen) atoms. The van der Waals surface area contributed by atoms with Gasteiger partial charge in [-0.05, 0) is 24.3 Å². The number of hydrogen-bond acceptors (Lipinski definition) is 7. The molecule has 1 fully saturated rings. The van der Waals surface area contributed by atoms with Crippen molar-refractivity contribution in [2.45, 2.75) is 12.7 Å². The Morgan fingerprint density at radius 1 is 1.09 bits per heavy atom. The number of nitrogens with one attached hydrogen (secondary N) is 1. The van der Waals surface area contributed by atoms with E-state index in [2.05, 4.69) is 25.3 Å². The van der Waals surface area contributed by atoms with Gasteiger partial charge >= 0.3 is 6.18 Å². The van der Waals surface area contributed by atoms with Gasteiger partial charge in [0.15, 0.2) is 5.76 Å². The molecular weight excluding hydrogens is 427 g/mol. The molecule has 11 heteroatoms. The highest BCUT2D eigenvalue weighted by molar-refractivity contribution is 5.91. The largest absolute Gasteiger partial charge is 0.459 e. The second-order valence-corrected chi connectivity index (χ2v) is 7.44. The lowest BCUT2D eigenvalue weighted by Gasteiger charge is -2.33. The van der Waals surface area contributed by atoms with Gasteiger partial charge in [0.2, 0.25) is 11.7 Å². The van der Waals surface area contributed by atoms with Crippen LogP contribution in [0.5, 0.6) is 0 Å². The van der Waals surface area contributed by atoms with Gasteiger partial charge in [0.1, 0.15) is 0 Å². The molecule has 4 rings (SSSR count). The normalized spacial score (nSPS) is 15.7. The second kappa shape index (κ2) is 9.53. The highest BCUT2D eigenvalue weighted by Gasteiger charge is 2.31. The maximum absolute atomic E-state index is 12.9. The third-order valence-corrected chi connectivity index (χ3v) is 5.20. The minimum absolute atomic E-state index is 0.136. The monoisotopic (exact) mass is 449 g/mol. The Hall–Kier alpha value is -3.18. The lowest BCUT2D eigenvalue weighted by atomic mass is 10.1. The Morgan fingerprint density at radius 3 is 2.59 bits per heavy atom. The Labute approximate surface area is 182 Å². The van der Waals surface area contributed by atoms with E-state index >= 15 is 0 Å². The van der Waals surface area contributed by atoms with Gasteiger partial charge in [0.25, 0.3) is 5.91 Å². The van der Waals surface area contributed by atoms with E-state index in [1.165, 1.54) is 18.4 Å². The molecule has 1 aliphatic rings. The highest BCUT2D eigenvalue weighted by Crippen LogP contribution is 2.31. The highest BCUT2D eigenvalue weighted by atomic mass is 19.4. The fourth-order valence-corrected chi connectivity index (χ4v) is 3.46. The molecule has 0 spiro atoms. The van der Waals surface area contributed by atoms with E-state index in [0.29, 0.717) is 24.7 Å². The Bertz CT molecular complexity index is 1030. The Balaban J connectivity index is 1.23. The van der Waals surface area contributed by atoms with Crippen LogP contribution in [-0.4, -0.2) is 65.1 Å². The molecule has 170 valence electrons. The number of nitrogens with zero attached hydrogens (tertiary/aromatic N) is 4. The number of alkyl halides is 3. The first-order valence-electron chi connectivity index (χ1n) is 10.1. The SMILES string of the molecule is O=C(NCCN1CCN(Cc2nc(-c3cccc(C(F)(F)F)c3)no2)CC1)c1ccco1. The van der Waals surface area contributed by atoms with E-state index in [1.807, 2.05) is 0 Å². The third kappa shape index (κ3) is 5.54. The topological polar surface area (TPSA) is 87.6 Å². The van der Waals surface area contributed by atoms with Gasteiger partial charge in [-0.15, -0.1) is 0 Å². The molecule has 1 amide bonds. The number of halogens is 3. The zero-order valence-corrected chi connectivity index (χ0v) is 17.1. The van der Waals surface area contributed by atoms with Crippen LogP contribution < -0.4 is 5.32 Å². The second-order valence-electron chi connectivity index (χ2n) is 7.44. The fourth-order valence-electron chi connectivity index (χ4n) is 3.46. The lowest BCUT2D eigenvalue weighted by molar-refractivity contribution is -0.137. The minimum atomic E-state index is -4.43. The van der Waals surface area contributed by atoms with Gasteiger partial charge in [-0.25, -0.2) is 0 Å². The number of rotatable bonds is 7. The number of benzene rings is 1. The average Bonchev–Trinajstić information content (AvgIpc) is 3.47. The molecule has 2 aromatic heterocycles. The molecule has 1 saturated heterocycles. The van der Waals surface area contributed by atoms with Gasteiger partial charge in [0, 0.05) is 44.8 Å². The van der Waals surface area contributed by atoms with Crippen molar-refractivity contribution in [1.82, 2.24) is 25.3 Å². The van der Waals surface area contributed by atoms with Crippen molar-refractivity contribution in [3.05, 3.63) is 59.9 Å². The maximum atomic E-state index is 12.9. The van der Waals surface area contributed by atoms with E-state index in [-0.39, 0.29) is 17.3 Å². The van der Waals surface area contributed by atoms with Crippen LogP contribution in [0.1, 0.15) is 22.0 Å². The number of aromatic nitrogens is 2. The molecule has 3 aromatic rings. The smallest absolute Gasteiger partial charge is 0.416 e. The van der Waals surface area contributed by atoms with E-state index < -0.39 is 11.7 Å². The van der Waals surface area contributed by atoms with Crippen LogP contribution >= 0.6 is 0 Å². The van der Waals surface area contributed by atoms with Crippen molar-refractivity contribution in [2.75, 3.05) is 39.3 Å². The molecule has 0 aliphatic carbocycles. The van der Waals surface area contributed by atoms with E-state index in [1.54, 1.807) is 12.1 Å². The average molecular weight is 449 g/mol. The summed E-state index contributed by atoms with van der Waals surface area (Å²) >= 11 is 0. The number of furan rings is 1. The number of hydrogen-bond donors (Lipinski definition) is 1. The molecule has 0 unspecified atom stereocenters. The molecule has 0 bridgehead atoms. The molecule has 1 aliphatic heterocycles. The minimum Gasteiger partial charge on any atom is -0.459 e. The van der Waals surface area contributed by atoms with E-state index in [9.17, 15) is 18.0 Å². The Kier molecular flexibility index (Phi) is 6.56. The zero-order valence-electron chi connectivity index (χ0n) is 17.1. The lowest BCUT2D eigenvalue weighted by Crippen LogP contribution is -2.48. The summed E-state index contributed by atoms with van der Waals surface area (Å²) in [6.07, 6.45) is -2.97. The van der Waals surface area contributed by atoms with Crippen molar-refractivity contribution >= 4 is 5.91 Å². The van der Waals surface area contributed by atoms with Gasteiger partial charge in [-0.3, -0.25) is 14.6 Å². The van der Waals surface area contributed by atoms with Crippen LogP contribution in [-0.2, 0) is 12.7 Å². The third-order valence-electron chi connectivity index (χ3n) is 5.20. The predicted molar refractivity (Wildman–Crippen MR) is 107 cm³/mol. The maximum Gasteiger partial charge on any atom is 0.416 e. The van der Waals surface area contributed by atoms with Crippen LogP contribution in [0.3, 0.4) is 0 Å². The first kappa shape index (κ1) is 22.0. The standard InChI is InChI=1S/C21H22F3N5O3/c22-21(23,24)16-4-1-3-15(13-16)19-26-18(32-27-19)14-29-10-8-28(9-11-29)7-6-25-20(30)17-5-2-12-31-17/h1-5,12-13H,6-11,14H2,(H,25,30). The number of piperazine rings is 1. The van der Waals surface area contributed by atoms with E-state index in [0.717, 1.165) is 44.9 Å². The first-order chi connectivity index (χ1) is 15.4. The molecule has 8 nitrogen and oxygen atoms in total. The van der Waals surface area contributed by atoms with Gasteiger partial charge in [-0.2, -0.15) is 18.2 Å². The van der Waals surface area contributed by atoms with Crippen molar-refractivity contribution < 1.29 is 26.9 Å². The molecule has 0 saturated carbocycles. The summed E-state index contributed by atoms with van der Waals surface area (Å²) in [5, 5.41) is 6.65. The molecule has 1 aromatic carbocycles. The Morgan fingerprint density at radius 2 is 1.88 bits per heavy atom. The van der Waals surface area contributed by atoms with Crippen LogP contribution in [0, 0.1) is 0 Å². The molecule has 0 atom stereocenters. The van der Waals surface area contributed by atoms with Crippen LogP contribution in [0.4, 0.5) is 13.2 Å². The summed E-state index contributed by atoms with van der Waals surface area (Å²) < 4.78 is 49.0. The van der Waals surface area contributed by atoms with Crippen molar-refractivity contribution in [2.24, 2.45) is 0 Å². The predicted octanol–water partition coefficient (Wildman–Crippen LogP) is 2.90. The molecule has 0 radical (unpaired) electrons. The molecule has 3 heterocycles. The molecular formula is C21H22F3N5O3. The quantitative estimate of drug-likeness (QED) is 0.594. The molecule has 1 N–H and O–H groups in total. The summed E-state index contributed by atoms with van der Waals surface area (Å²) in [6, 6.07) is 8.15. The summed E-state index contributed by atoms with van der Waals surface area (Å²) in [5.41, 5.74) is -0.492. The van der Waals surface area contributed by atoms with Crippen molar-refractivity contribution in [1.29, 1.82) is 0 Å². The summed E-state index contributed by atoms with van der Waals surface area (Å²) in [4.78, 5) is 20.5. The van der Waals surface area contributed by atoms with Crippen LogP contribution in [0.25, 0.3) is 11.4 Å². The number of carbonyl (C=O) groups is 1. The van der Waals surface area contributed by atoms with Gasteiger partial charge in [0.05, 0.1) is 18.4 Å². The number of carbonyl (C=O) groups excluding carboxylic acids is 1. The van der Waals surface area contributed by atoms with Crippen LogP contribution in [0.2, 0.25) is 0 Å².